The average molecular weight is 332 g/mol. The molecule has 0 unspecified atom stereocenters. The number of para-hydroxylation sites is 1. The first-order valence-corrected chi connectivity index (χ1v) is 8.24. The number of nitrogens with one attached hydrogen (secondary N) is 1. The molecular formula is C19H22ClNO2. The van der Waals surface area contributed by atoms with Crippen LogP contribution in [0.4, 0.5) is 5.69 Å². The second-order valence-corrected chi connectivity index (χ2v) is 5.86. The summed E-state index contributed by atoms with van der Waals surface area (Å²) in [6.07, 6.45) is 0.911. The number of anilines is 1. The van der Waals surface area contributed by atoms with E-state index in [9.17, 15) is 4.79 Å². The number of carbonyl (C=O) groups is 1. The van der Waals surface area contributed by atoms with Crippen LogP contribution in [-0.4, -0.2) is 12.0 Å². The first kappa shape index (κ1) is 17.4. The van der Waals surface area contributed by atoms with Gasteiger partial charge >= 0.3 is 0 Å². The lowest BCUT2D eigenvalue weighted by Gasteiger charge is -2.19. The van der Waals surface area contributed by atoms with Gasteiger partial charge in [-0.25, -0.2) is 0 Å². The standard InChI is InChI=1S/C19H22ClNO2/c1-4-14-8-6-7-13(3)18(14)21-19(22)17(5-2)23-16-11-9-15(20)10-12-16/h6-12,17H,4-5H2,1-3H3,(H,21,22)/t17-/m1/s1. The lowest BCUT2D eigenvalue weighted by Crippen LogP contribution is -2.33. The lowest BCUT2D eigenvalue weighted by atomic mass is 10.1. The van der Waals surface area contributed by atoms with E-state index >= 15 is 0 Å². The van der Waals surface area contributed by atoms with Gasteiger partial charge in [0.1, 0.15) is 5.75 Å². The predicted octanol–water partition coefficient (Wildman–Crippen LogP) is 5.01. The maximum absolute atomic E-state index is 12.6. The fourth-order valence-corrected chi connectivity index (χ4v) is 2.53. The Morgan fingerprint density at radius 2 is 1.87 bits per heavy atom. The second-order valence-electron chi connectivity index (χ2n) is 5.42. The van der Waals surface area contributed by atoms with Gasteiger partial charge in [0.15, 0.2) is 6.10 Å². The number of benzene rings is 2. The third-order valence-electron chi connectivity index (χ3n) is 3.74. The number of ether oxygens (including phenoxy) is 1. The molecule has 0 aliphatic heterocycles. The molecule has 3 nitrogen and oxygen atoms in total. The molecule has 0 aliphatic rings. The number of rotatable bonds is 6. The Morgan fingerprint density at radius 3 is 2.48 bits per heavy atom. The number of aryl methyl sites for hydroxylation is 2. The molecule has 0 saturated carbocycles. The fraction of sp³-hybridized carbons (Fsp3) is 0.316. The zero-order valence-electron chi connectivity index (χ0n) is 13.7. The number of carbonyl (C=O) groups excluding carboxylic acids is 1. The van der Waals surface area contributed by atoms with Gasteiger partial charge < -0.3 is 10.1 Å². The van der Waals surface area contributed by atoms with Crippen molar-refractivity contribution in [1.29, 1.82) is 0 Å². The van der Waals surface area contributed by atoms with E-state index in [1.807, 2.05) is 32.0 Å². The number of hydrogen-bond donors (Lipinski definition) is 1. The third kappa shape index (κ3) is 4.49. The molecule has 0 fully saturated rings. The minimum atomic E-state index is -0.541. The van der Waals surface area contributed by atoms with Gasteiger partial charge in [-0.05, 0) is 55.2 Å². The Labute approximate surface area is 142 Å². The zero-order chi connectivity index (χ0) is 16.8. The van der Waals surface area contributed by atoms with Crippen molar-refractivity contribution in [2.75, 3.05) is 5.32 Å². The number of halogens is 1. The molecule has 0 heterocycles. The van der Waals surface area contributed by atoms with E-state index in [1.54, 1.807) is 24.3 Å². The highest BCUT2D eigenvalue weighted by molar-refractivity contribution is 6.30. The van der Waals surface area contributed by atoms with Gasteiger partial charge in [0, 0.05) is 10.7 Å². The van der Waals surface area contributed by atoms with Crippen LogP contribution in [-0.2, 0) is 11.2 Å². The van der Waals surface area contributed by atoms with E-state index in [0.717, 1.165) is 23.2 Å². The summed E-state index contributed by atoms with van der Waals surface area (Å²) in [4.78, 5) is 12.6. The Bertz CT molecular complexity index is 668. The van der Waals surface area contributed by atoms with Crippen molar-refractivity contribution in [1.82, 2.24) is 0 Å². The van der Waals surface area contributed by atoms with Crippen molar-refractivity contribution in [2.45, 2.75) is 39.7 Å². The van der Waals surface area contributed by atoms with E-state index in [0.29, 0.717) is 17.2 Å². The maximum Gasteiger partial charge on any atom is 0.265 e. The first-order chi connectivity index (χ1) is 11.0. The minimum absolute atomic E-state index is 0.133. The highest BCUT2D eigenvalue weighted by Gasteiger charge is 2.20. The SMILES string of the molecule is CCc1cccc(C)c1NC(=O)[C@@H](CC)Oc1ccc(Cl)cc1. The normalized spacial score (nSPS) is 11.8. The van der Waals surface area contributed by atoms with Gasteiger partial charge in [0.05, 0.1) is 0 Å². The summed E-state index contributed by atoms with van der Waals surface area (Å²) in [5, 5.41) is 3.66. The Kier molecular flexibility index (Phi) is 6.05. The maximum atomic E-state index is 12.6. The van der Waals surface area contributed by atoms with Gasteiger partial charge in [-0.1, -0.05) is 43.6 Å². The summed E-state index contributed by atoms with van der Waals surface area (Å²) in [6, 6.07) is 13.1. The molecule has 1 atom stereocenters. The molecule has 1 amide bonds. The topological polar surface area (TPSA) is 38.3 Å². The van der Waals surface area contributed by atoms with Gasteiger partial charge in [0.2, 0.25) is 0 Å². The molecule has 1 N–H and O–H groups in total. The summed E-state index contributed by atoms with van der Waals surface area (Å²) >= 11 is 5.87. The van der Waals surface area contributed by atoms with E-state index in [2.05, 4.69) is 12.2 Å². The smallest absolute Gasteiger partial charge is 0.265 e. The first-order valence-electron chi connectivity index (χ1n) is 7.86. The summed E-state index contributed by atoms with van der Waals surface area (Å²) in [7, 11) is 0. The molecule has 0 bridgehead atoms. The largest absolute Gasteiger partial charge is 0.481 e. The lowest BCUT2D eigenvalue weighted by molar-refractivity contribution is -0.122. The van der Waals surface area contributed by atoms with E-state index in [4.69, 9.17) is 16.3 Å². The molecule has 4 heteroatoms. The van der Waals surface area contributed by atoms with Crippen molar-refractivity contribution in [2.24, 2.45) is 0 Å². The molecule has 0 aliphatic carbocycles. The van der Waals surface area contributed by atoms with Crippen molar-refractivity contribution in [3.05, 3.63) is 58.6 Å². The van der Waals surface area contributed by atoms with Crippen LogP contribution in [0.5, 0.6) is 5.75 Å². The average Bonchev–Trinajstić information content (AvgIpc) is 2.56. The Hall–Kier alpha value is -2.00. The van der Waals surface area contributed by atoms with Crippen LogP contribution in [0.2, 0.25) is 5.02 Å². The van der Waals surface area contributed by atoms with Crippen LogP contribution in [0.25, 0.3) is 0 Å². The molecule has 0 radical (unpaired) electrons. The van der Waals surface area contributed by atoms with Crippen molar-refractivity contribution in [3.63, 3.8) is 0 Å². The summed E-state index contributed by atoms with van der Waals surface area (Å²) in [5.74, 6) is 0.503. The molecule has 2 aromatic rings. The quantitative estimate of drug-likeness (QED) is 0.808. The van der Waals surface area contributed by atoms with E-state index in [-0.39, 0.29) is 5.91 Å². The third-order valence-corrected chi connectivity index (χ3v) is 4.00. The molecule has 2 rings (SSSR count). The molecule has 23 heavy (non-hydrogen) atoms. The van der Waals surface area contributed by atoms with E-state index < -0.39 is 6.10 Å². The van der Waals surface area contributed by atoms with Crippen molar-refractivity contribution >= 4 is 23.2 Å². The Balaban J connectivity index is 2.13. The number of amides is 1. The molecule has 0 aromatic heterocycles. The highest BCUT2D eigenvalue weighted by atomic mass is 35.5. The Morgan fingerprint density at radius 1 is 1.17 bits per heavy atom. The zero-order valence-corrected chi connectivity index (χ0v) is 14.5. The van der Waals surface area contributed by atoms with Gasteiger partial charge in [-0.15, -0.1) is 0 Å². The van der Waals surface area contributed by atoms with Crippen LogP contribution in [0.3, 0.4) is 0 Å². The van der Waals surface area contributed by atoms with Crippen molar-refractivity contribution in [3.8, 4) is 5.75 Å². The predicted molar refractivity (Wildman–Crippen MR) is 95.3 cm³/mol. The van der Waals surface area contributed by atoms with Crippen LogP contribution in [0, 0.1) is 6.92 Å². The number of hydrogen-bond acceptors (Lipinski definition) is 2. The molecule has 122 valence electrons. The summed E-state index contributed by atoms with van der Waals surface area (Å²) in [5.41, 5.74) is 3.07. The monoisotopic (exact) mass is 331 g/mol. The second kappa shape index (κ2) is 8.02. The van der Waals surface area contributed by atoms with Crippen LogP contribution in [0.1, 0.15) is 31.4 Å². The van der Waals surface area contributed by atoms with Gasteiger partial charge in [-0.2, -0.15) is 0 Å². The van der Waals surface area contributed by atoms with Crippen molar-refractivity contribution < 1.29 is 9.53 Å². The summed E-state index contributed by atoms with van der Waals surface area (Å²) < 4.78 is 5.80. The fourth-order valence-electron chi connectivity index (χ4n) is 2.41. The highest BCUT2D eigenvalue weighted by Crippen LogP contribution is 2.23. The summed E-state index contributed by atoms with van der Waals surface area (Å²) in [6.45, 7) is 6.00. The van der Waals surface area contributed by atoms with Crippen LogP contribution < -0.4 is 10.1 Å². The van der Waals surface area contributed by atoms with E-state index in [1.165, 1.54) is 0 Å². The molecule has 0 spiro atoms. The van der Waals surface area contributed by atoms with Gasteiger partial charge in [-0.3, -0.25) is 4.79 Å². The van der Waals surface area contributed by atoms with Gasteiger partial charge in [0.25, 0.3) is 5.91 Å². The molecular weight excluding hydrogens is 310 g/mol. The van der Waals surface area contributed by atoms with Crippen LogP contribution in [0.15, 0.2) is 42.5 Å². The van der Waals surface area contributed by atoms with Crippen LogP contribution >= 0.6 is 11.6 Å². The molecule has 2 aromatic carbocycles. The minimum Gasteiger partial charge on any atom is -0.481 e. The molecule has 0 saturated heterocycles.